The Balaban J connectivity index is 1.79. The van der Waals surface area contributed by atoms with Gasteiger partial charge in [0.1, 0.15) is 18.4 Å². The number of hydrogen-bond acceptors (Lipinski definition) is 6. The number of benzene rings is 1. The first-order chi connectivity index (χ1) is 15.0. The second-order valence-corrected chi connectivity index (χ2v) is 8.16. The zero-order valence-electron chi connectivity index (χ0n) is 18.0. The number of ketones is 1. The van der Waals surface area contributed by atoms with E-state index in [1.54, 1.807) is 19.3 Å². The molecule has 0 aliphatic rings. The second-order valence-electron chi connectivity index (χ2n) is 7.17. The summed E-state index contributed by atoms with van der Waals surface area (Å²) in [4.78, 5) is 37.2. The van der Waals surface area contributed by atoms with Crippen LogP contribution in [0.1, 0.15) is 44.4 Å². The quantitative estimate of drug-likeness (QED) is 0.481. The van der Waals surface area contributed by atoms with Crippen LogP contribution < -0.4 is 10.6 Å². The van der Waals surface area contributed by atoms with Gasteiger partial charge in [-0.2, -0.15) is 0 Å². The third-order valence-corrected chi connectivity index (χ3v) is 5.54. The number of furan rings is 1. The Morgan fingerprint density at radius 1 is 1.10 bits per heavy atom. The molecule has 1 aromatic carbocycles. The molecule has 2 N–H and O–H groups in total. The third-order valence-electron chi connectivity index (χ3n) is 4.56. The first-order valence-electron chi connectivity index (χ1n) is 10.4. The summed E-state index contributed by atoms with van der Waals surface area (Å²) in [5.41, 5.74) is 0.854. The Morgan fingerprint density at radius 3 is 2.55 bits per heavy atom. The normalized spacial score (nSPS) is 12.6. The number of Topliss-reactive ketones (excluding diaryl/α,β-unsaturated/α-hetero) is 1. The average Bonchev–Trinajstić information content (AvgIpc) is 3.29. The molecular weight excluding hydrogens is 416 g/mol. The van der Waals surface area contributed by atoms with Crippen LogP contribution in [-0.2, 0) is 26.7 Å². The number of hydrogen-bond donors (Lipinski definition) is 2. The third kappa shape index (κ3) is 9.29. The molecule has 0 bridgehead atoms. The van der Waals surface area contributed by atoms with E-state index in [1.165, 1.54) is 11.8 Å². The molecule has 0 radical (unpaired) electrons. The van der Waals surface area contributed by atoms with E-state index in [-0.39, 0.29) is 18.1 Å². The van der Waals surface area contributed by atoms with Gasteiger partial charge in [0.2, 0.25) is 5.91 Å². The zero-order valence-corrected chi connectivity index (χ0v) is 18.8. The van der Waals surface area contributed by atoms with E-state index in [1.807, 2.05) is 43.3 Å². The number of carbonyl (C=O) groups excluding carboxylic acids is 3. The molecule has 1 aromatic heterocycles. The number of unbranched alkanes of at least 4 members (excludes halogenated alkanes) is 1. The lowest BCUT2D eigenvalue weighted by Gasteiger charge is -2.20. The van der Waals surface area contributed by atoms with Gasteiger partial charge in [-0.05, 0) is 31.0 Å². The molecule has 31 heavy (non-hydrogen) atoms. The molecule has 8 heteroatoms. The van der Waals surface area contributed by atoms with E-state index in [9.17, 15) is 14.4 Å². The Labute approximate surface area is 187 Å². The molecule has 0 aliphatic heterocycles. The summed E-state index contributed by atoms with van der Waals surface area (Å²) in [6.07, 6.45) is 3.21. The second kappa shape index (κ2) is 13.5. The van der Waals surface area contributed by atoms with Gasteiger partial charge < -0.3 is 19.8 Å². The lowest BCUT2D eigenvalue weighted by molar-refractivity contribution is -0.127. The van der Waals surface area contributed by atoms with Crippen LogP contribution in [0.25, 0.3) is 0 Å². The van der Waals surface area contributed by atoms with Crippen LogP contribution in [0.4, 0.5) is 4.79 Å². The van der Waals surface area contributed by atoms with Gasteiger partial charge in [-0.3, -0.25) is 9.59 Å². The van der Waals surface area contributed by atoms with Crippen LogP contribution >= 0.6 is 11.8 Å². The fraction of sp³-hybridized carbons (Fsp3) is 0.435. The van der Waals surface area contributed by atoms with Gasteiger partial charge in [0.15, 0.2) is 5.78 Å². The number of amides is 2. The smallest absolute Gasteiger partial charge is 0.408 e. The SMILES string of the molecule is CCCC[C@H](NC(=O)[C@H](C)NC(=O)OCc1ccccc1)C(=O)CSCc1ccco1. The summed E-state index contributed by atoms with van der Waals surface area (Å²) in [6, 6.07) is 11.5. The van der Waals surface area contributed by atoms with Crippen molar-refractivity contribution in [2.24, 2.45) is 0 Å². The van der Waals surface area contributed by atoms with Crippen molar-refractivity contribution in [2.45, 2.75) is 57.6 Å². The van der Waals surface area contributed by atoms with Gasteiger partial charge in [0, 0.05) is 0 Å². The highest BCUT2D eigenvalue weighted by atomic mass is 32.2. The lowest BCUT2D eigenvalue weighted by Crippen LogP contribution is -2.50. The van der Waals surface area contributed by atoms with Crippen LogP contribution in [-0.4, -0.2) is 35.6 Å². The van der Waals surface area contributed by atoms with Crippen molar-refractivity contribution in [3.05, 3.63) is 60.1 Å². The summed E-state index contributed by atoms with van der Waals surface area (Å²) < 4.78 is 10.4. The predicted molar refractivity (Wildman–Crippen MR) is 121 cm³/mol. The van der Waals surface area contributed by atoms with E-state index >= 15 is 0 Å². The minimum absolute atomic E-state index is 0.0442. The standard InChI is InChI=1S/C23H30N2O5S/c1-3-4-12-20(21(26)16-31-15-19-11-8-13-29-19)25-22(27)17(2)24-23(28)30-14-18-9-6-5-7-10-18/h5-11,13,17,20H,3-4,12,14-16H2,1-2H3,(H,24,28)(H,25,27)/t17-,20-/m0/s1. The molecule has 0 spiro atoms. The van der Waals surface area contributed by atoms with Crippen molar-refractivity contribution >= 4 is 29.5 Å². The molecule has 0 unspecified atom stereocenters. The maximum Gasteiger partial charge on any atom is 0.408 e. The number of nitrogens with one attached hydrogen (secondary N) is 2. The largest absolute Gasteiger partial charge is 0.468 e. The summed E-state index contributed by atoms with van der Waals surface area (Å²) in [7, 11) is 0. The maximum absolute atomic E-state index is 12.6. The van der Waals surface area contributed by atoms with Gasteiger partial charge in [0.05, 0.1) is 23.8 Å². The average molecular weight is 447 g/mol. The minimum Gasteiger partial charge on any atom is -0.468 e. The molecule has 0 fully saturated rings. The Morgan fingerprint density at radius 2 is 1.87 bits per heavy atom. The van der Waals surface area contributed by atoms with Crippen molar-refractivity contribution in [3.63, 3.8) is 0 Å². The maximum atomic E-state index is 12.6. The van der Waals surface area contributed by atoms with E-state index in [2.05, 4.69) is 10.6 Å². The molecule has 2 rings (SSSR count). The van der Waals surface area contributed by atoms with Crippen LogP contribution in [0.3, 0.4) is 0 Å². The molecule has 1 heterocycles. The summed E-state index contributed by atoms with van der Waals surface area (Å²) >= 11 is 1.45. The fourth-order valence-corrected chi connectivity index (χ4v) is 3.64. The Hall–Kier alpha value is -2.74. The highest BCUT2D eigenvalue weighted by molar-refractivity contribution is 7.99. The monoisotopic (exact) mass is 446 g/mol. The van der Waals surface area contributed by atoms with Crippen LogP contribution in [0.15, 0.2) is 53.1 Å². The zero-order chi connectivity index (χ0) is 22.5. The van der Waals surface area contributed by atoms with Crippen molar-refractivity contribution in [3.8, 4) is 0 Å². The molecule has 0 saturated carbocycles. The van der Waals surface area contributed by atoms with E-state index in [4.69, 9.17) is 9.15 Å². The molecule has 168 valence electrons. The molecule has 0 saturated heterocycles. The fourth-order valence-electron chi connectivity index (χ4n) is 2.77. The molecule has 2 amide bonds. The summed E-state index contributed by atoms with van der Waals surface area (Å²) in [5.74, 6) is 1.22. The van der Waals surface area contributed by atoms with E-state index in [0.29, 0.717) is 12.2 Å². The van der Waals surface area contributed by atoms with Crippen molar-refractivity contribution in [1.29, 1.82) is 0 Å². The molecule has 0 aliphatic carbocycles. The van der Waals surface area contributed by atoms with Gasteiger partial charge >= 0.3 is 6.09 Å². The molecule has 7 nitrogen and oxygen atoms in total. The minimum atomic E-state index is -0.823. The summed E-state index contributed by atoms with van der Waals surface area (Å²) in [5, 5.41) is 5.29. The highest BCUT2D eigenvalue weighted by Gasteiger charge is 2.24. The molecular formula is C23H30N2O5S. The van der Waals surface area contributed by atoms with Crippen LogP contribution in [0.2, 0.25) is 0 Å². The van der Waals surface area contributed by atoms with Crippen LogP contribution in [0.5, 0.6) is 0 Å². The lowest BCUT2D eigenvalue weighted by atomic mass is 10.1. The van der Waals surface area contributed by atoms with E-state index in [0.717, 1.165) is 24.2 Å². The highest BCUT2D eigenvalue weighted by Crippen LogP contribution is 2.14. The Kier molecular flexibility index (Phi) is 10.7. The van der Waals surface area contributed by atoms with Gasteiger partial charge in [-0.25, -0.2) is 4.79 Å². The van der Waals surface area contributed by atoms with Crippen molar-refractivity contribution in [1.82, 2.24) is 10.6 Å². The van der Waals surface area contributed by atoms with Gasteiger partial charge in [0.25, 0.3) is 0 Å². The Bertz CT molecular complexity index is 811. The van der Waals surface area contributed by atoms with Crippen molar-refractivity contribution in [2.75, 3.05) is 5.75 Å². The van der Waals surface area contributed by atoms with Gasteiger partial charge in [-0.1, -0.05) is 50.1 Å². The first-order valence-corrected chi connectivity index (χ1v) is 11.6. The number of thioether (sulfide) groups is 1. The molecule has 2 aromatic rings. The summed E-state index contributed by atoms with van der Waals surface area (Å²) in [6.45, 7) is 3.71. The van der Waals surface area contributed by atoms with Crippen LogP contribution in [0, 0.1) is 0 Å². The number of rotatable bonds is 13. The first kappa shape index (κ1) is 24.5. The molecule has 2 atom stereocenters. The topological polar surface area (TPSA) is 97.6 Å². The number of ether oxygens (including phenoxy) is 1. The van der Waals surface area contributed by atoms with Gasteiger partial charge in [-0.15, -0.1) is 11.8 Å². The predicted octanol–water partition coefficient (Wildman–Crippen LogP) is 4.07. The number of carbonyl (C=O) groups is 3. The van der Waals surface area contributed by atoms with Crippen molar-refractivity contribution < 1.29 is 23.5 Å². The van der Waals surface area contributed by atoms with E-state index < -0.39 is 24.1 Å². The number of alkyl carbamates (subject to hydrolysis) is 1.